The quantitative estimate of drug-likeness (QED) is 0.323. The van der Waals surface area contributed by atoms with E-state index in [-0.39, 0.29) is 24.1 Å². The van der Waals surface area contributed by atoms with Gasteiger partial charge in [0.15, 0.2) is 11.5 Å². The Bertz CT molecular complexity index is 912. The van der Waals surface area contributed by atoms with Crippen LogP contribution in [0.3, 0.4) is 0 Å². The van der Waals surface area contributed by atoms with Crippen LogP contribution in [0.5, 0.6) is 11.5 Å². The first-order valence-corrected chi connectivity index (χ1v) is 8.06. The fourth-order valence-electron chi connectivity index (χ4n) is 2.24. The number of nitro groups is 1. The second-order valence-electron chi connectivity index (χ2n) is 5.22. The van der Waals surface area contributed by atoms with Gasteiger partial charge in [0.05, 0.1) is 9.95 Å². The molecule has 3 rings (SSSR count). The predicted molar refractivity (Wildman–Crippen MR) is 94.5 cm³/mol. The second-order valence-corrected chi connectivity index (χ2v) is 6.03. The highest BCUT2D eigenvalue weighted by molar-refractivity contribution is 6.32. The van der Waals surface area contributed by atoms with E-state index >= 15 is 0 Å². The standard InChI is InChI=1S/C17H11Cl2NO6/c18-12-3-1-10(6-14(12)20(22)23)2-4-16(21)24-8-11-5-13(19)17-15(7-11)25-9-26-17/h1-7H,8-9H2/b4-2+. The van der Waals surface area contributed by atoms with Gasteiger partial charge in [-0.1, -0.05) is 29.3 Å². The van der Waals surface area contributed by atoms with Crippen LogP contribution in [-0.2, 0) is 16.1 Å². The van der Waals surface area contributed by atoms with Crippen LogP contribution in [0.4, 0.5) is 5.69 Å². The largest absolute Gasteiger partial charge is 0.458 e. The average Bonchev–Trinajstić information content (AvgIpc) is 3.08. The monoisotopic (exact) mass is 395 g/mol. The molecule has 9 heteroatoms. The number of ether oxygens (including phenoxy) is 3. The molecule has 0 bridgehead atoms. The first kappa shape index (κ1) is 18.0. The zero-order valence-electron chi connectivity index (χ0n) is 13.1. The van der Waals surface area contributed by atoms with Gasteiger partial charge in [-0.3, -0.25) is 10.1 Å². The molecule has 7 nitrogen and oxygen atoms in total. The summed E-state index contributed by atoms with van der Waals surface area (Å²) in [6.07, 6.45) is 2.57. The van der Waals surface area contributed by atoms with Crippen LogP contribution >= 0.6 is 23.2 Å². The van der Waals surface area contributed by atoms with Crippen molar-refractivity contribution in [2.24, 2.45) is 0 Å². The van der Waals surface area contributed by atoms with Crippen molar-refractivity contribution in [3.05, 3.63) is 67.7 Å². The molecular formula is C17H11Cl2NO6. The van der Waals surface area contributed by atoms with E-state index in [2.05, 4.69) is 0 Å². The normalized spacial score (nSPS) is 12.4. The number of carbonyl (C=O) groups is 1. The van der Waals surface area contributed by atoms with Gasteiger partial charge in [-0.15, -0.1) is 0 Å². The number of nitrogens with zero attached hydrogens (tertiary/aromatic N) is 1. The van der Waals surface area contributed by atoms with Crippen LogP contribution in [0.1, 0.15) is 11.1 Å². The first-order valence-electron chi connectivity index (χ1n) is 7.31. The smallest absolute Gasteiger partial charge is 0.331 e. The van der Waals surface area contributed by atoms with Crippen LogP contribution < -0.4 is 9.47 Å². The number of fused-ring (bicyclic) bond motifs is 1. The van der Waals surface area contributed by atoms with Crippen molar-refractivity contribution in [3.63, 3.8) is 0 Å². The molecule has 0 aromatic heterocycles. The summed E-state index contributed by atoms with van der Waals surface area (Å²) >= 11 is 11.8. The van der Waals surface area contributed by atoms with Crippen LogP contribution in [0.15, 0.2) is 36.4 Å². The zero-order valence-corrected chi connectivity index (χ0v) is 14.6. The summed E-state index contributed by atoms with van der Waals surface area (Å²) in [5.74, 6) is 0.343. The molecule has 0 saturated carbocycles. The Morgan fingerprint density at radius 3 is 2.81 bits per heavy atom. The van der Waals surface area contributed by atoms with Crippen molar-refractivity contribution in [1.82, 2.24) is 0 Å². The molecule has 134 valence electrons. The van der Waals surface area contributed by atoms with E-state index in [1.807, 2.05) is 0 Å². The third kappa shape index (κ3) is 4.07. The number of esters is 1. The van der Waals surface area contributed by atoms with E-state index in [4.69, 9.17) is 37.4 Å². The summed E-state index contributed by atoms with van der Waals surface area (Å²) in [7, 11) is 0. The molecule has 0 N–H and O–H groups in total. The van der Waals surface area contributed by atoms with E-state index in [0.717, 1.165) is 0 Å². The summed E-state index contributed by atoms with van der Waals surface area (Å²) in [5, 5.41) is 11.2. The van der Waals surface area contributed by atoms with Crippen molar-refractivity contribution in [3.8, 4) is 11.5 Å². The fourth-order valence-corrected chi connectivity index (χ4v) is 2.72. The molecule has 1 heterocycles. The van der Waals surface area contributed by atoms with Gasteiger partial charge in [0.25, 0.3) is 5.69 Å². The Labute approximate surface area is 157 Å². The molecule has 2 aromatic rings. The maximum absolute atomic E-state index is 11.8. The molecule has 1 aliphatic heterocycles. The van der Waals surface area contributed by atoms with Gasteiger partial charge in [-0.05, 0) is 35.4 Å². The Balaban J connectivity index is 1.63. The van der Waals surface area contributed by atoms with Crippen LogP contribution in [0.25, 0.3) is 6.08 Å². The highest BCUT2D eigenvalue weighted by atomic mass is 35.5. The fraction of sp³-hybridized carbons (Fsp3) is 0.118. The molecule has 26 heavy (non-hydrogen) atoms. The number of carbonyl (C=O) groups excluding carboxylic acids is 1. The molecule has 0 atom stereocenters. The molecule has 0 fully saturated rings. The van der Waals surface area contributed by atoms with Gasteiger partial charge in [-0.25, -0.2) is 4.79 Å². The Morgan fingerprint density at radius 1 is 1.23 bits per heavy atom. The van der Waals surface area contributed by atoms with E-state index in [0.29, 0.717) is 27.6 Å². The Morgan fingerprint density at radius 2 is 2.04 bits per heavy atom. The molecular weight excluding hydrogens is 385 g/mol. The lowest BCUT2D eigenvalue weighted by Gasteiger charge is -2.05. The topological polar surface area (TPSA) is 87.9 Å². The minimum Gasteiger partial charge on any atom is -0.458 e. The zero-order chi connectivity index (χ0) is 18.7. The maximum atomic E-state index is 11.8. The first-order chi connectivity index (χ1) is 12.4. The lowest BCUT2D eigenvalue weighted by Crippen LogP contribution is -2.01. The van der Waals surface area contributed by atoms with Gasteiger partial charge < -0.3 is 14.2 Å². The van der Waals surface area contributed by atoms with Crippen LogP contribution in [-0.4, -0.2) is 17.7 Å². The minimum atomic E-state index is -0.614. The summed E-state index contributed by atoms with van der Waals surface area (Å²) in [6, 6.07) is 7.50. The van der Waals surface area contributed by atoms with Crippen LogP contribution in [0.2, 0.25) is 10.0 Å². The molecule has 1 aliphatic rings. The minimum absolute atomic E-state index is 0.0136. The Kier molecular flexibility index (Phi) is 5.29. The van der Waals surface area contributed by atoms with E-state index in [1.54, 1.807) is 18.2 Å². The number of hydrogen-bond donors (Lipinski definition) is 0. The number of rotatable bonds is 5. The van der Waals surface area contributed by atoms with E-state index in [1.165, 1.54) is 24.3 Å². The predicted octanol–water partition coefficient (Wildman–Crippen LogP) is 4.39. The molecule has 0 aliphatic carbocycles. The lowest BCUT2D eigenvalue weighted by atomic mass is 10.2. The Hall–Kier alpha value is -2.77. The molecule has 0 saturated heterocycles. The summed E-state index contributed by atoms with van der Waals surface area (Å²) in [6.45, 7) is 0.0779. The average molecular weight is 396 g/mol. The molecule has 0 unspecified atom stereocenters. The van der Waals surface area contributed by atoms with E-state index in [9.17, 15) is 14.9 Å². The second kappa shape index (κ2) is 7.63. The van der Waals surface area contributed by atoms with Gasteiger partial charge in [-0.2, -0.15) is 0 Å². The number of hydrogen-bond acceptors (Lipinski definition) is 6. The number of halogens is 2. The molecule has 0 spiro atoms. The lowest BCUT2D eigenvalue weighted by molar-refractivity contribution is -0.384. The third-order valence-electron chi connectivity index (χ3n) is 3.45. The highest BCUT2D eigenvalue weighted by Gasteiger charge is 2.18. The van der Waals surface area contributed by atoms with Gasteiger partial charge in [0.1, 0.15) is 11.6 Å². The van der Waals surface area contributed by atoms with Gasteiger partial charge >= 0.3 is 5.97 Å². The van der Waals surface area contributed by atoms with Crippen molar-refractivity contribution < 1.29 is 23.9 Å². The molecule has 0 radical (unpaired) electrons. The summed E-state index contributed by atoms with van der Waals surface area (Å²) in [5.41, 5.74) is 0.851. The van der Waals surface area contributed by atoms with E-state index < -0.39 is 10.9 Å². The van der Waals surface area contributed by atoms with Crippen molar-refractivity contribution in [2.45, 2.75) is 6.61 Å². The van der Waals surface area contributed by atoms with Crippen molar-refractivity contribution in [1.29, 1.82) is 0 Å². The highest BCUT2D eigenvalue weighted by Crippen LogP contribution is 2.39. The SMILES string of the molecule is O=C(/C=C/c1ccc(Cl)c([N+](=O)[O-])c1)OCc1cc(Cl)c2c(c1)OCO2. The summed E-state index contributed by atoms with van der Waals surface area (Å²) < 4.78 is 15.6. The number of nitro benzene ring substituents is 1. The molecule has 2 aromatic carbocycles. The third-order valence-corrected chi connectivity index (χ3v) is 4.05. The maximum Gasteiger partial charge on any atom is 0.331 e. The van der Waals surface area contributed by atoms with Crippen molar-refractivity contribution >= 4 is 40.9 Å². The van der Waals surface area contributed by atoms with Crippen LogP contribution in [0, 0.1) is 10.1 Å². The van der Waals surface area contributed by atoms with Gasteiger partial charge in [0.2, 0.25) is 6.79 Å². The molecule has 0 amide bonds. The summed E-state index contributed by atoms with van der Waals surface area (Å²) in [4.78, 5) is 22.1. The van der Waals surface area contributed by atoms with Crippen molar-refractivity contribution in [2.75, 3.05) is 6.79 Å². The number of benzene rings is 2. The van der Waals surface area contributed by atoms with Gasteiger partial charge in [0, 0.05) is 12.1 Å².